The predicted octanol–water partition coefficient (Wildman–Crippen LogP) is 4.58. The van der Waals surface area contributed by atoms with E-state index in [1.165, 1.54) is 6.92 Å². The van der Waals surface area contributed by atoms with E-state index >= 15 is 0 Å². The molecule has 3 aromatic carbocycles. The number of amides is 1. The van der Waals surface area contributed by atoms with Gasteiger partial charge in [0.25, 0.3) is 10.0 Å². The Morgan fingerprint density at radius 2 is 1.65 bits per heavy atom. The van der Waals surface area contributed by atoms with Gasteiger partial charge in [-0.25, -0.2) is 8.42 Å². The number of furan rings is 1. The highest BCUT2D eigenvalue weighted by Gasteiger charge is 2.14. The van der Waals surface area contributed by atoms with Gasteiger partial charge in [-0.1, -0.05) is 30.3 Å². The molecule has 4 aromatic rings. The summed E-state index contributed by atoms with van der Waals surface area (Å²) < 4.78 is 33.9. The van der Waals surface area contributed by atoms with Gasteiger partial charge in [0.1, 0.15) is 11.3 Å². The van der Waals surface area contributed by atoms with Crippen molar-refractivity contribution in [2.45, 2.75) is 18.2 Å². The number of rotatable bonds is 7. The molecule has 0 saturated carbocycles. The maximum Gasteiger partial charge on any atom is 0.261 e. The van der Waals surface area contributed by atoms with Gasteiger partial charge in [-0.05, 0) is 60.5 Å². The van der Waals surface area contributed by atoms with Gasteiger partial charge < -0.3 is 9.73 Å². The number of hydrogen-bond acceptors (Lipinski definition) is 4. The number of fused-ring (bicyclic) bond motifs is 1. The number of hydrogen-bond donors (Lipinski definition) is 2. The first kappa shape index (κ1) is 20.7. The van der Waals surface area contributed by atoms with Crippen molar-refractivity contribution in [3.63, 3.8) is 0 Å². The molecule has 0 radical (unpaired) electrons. The van der Waals surface area contributed by atoms with Gasteiger partial charge in [-0.15, -0.1) is 0 Å². The van der Waals surface area contributed by atoms with Crippen molar-refractivity contribution in [1.82, 2.24) is 5.32 Å². The van der Waals surface area contributed by atoms with Crippen LogP contribution in [-0.2, 0) is 21.2 Å². The van der Waals surface area contributed by atoms with Crippen LogP contribution in [0.2, 0.25) is 0 Å². The smallest absolute Gasteiger partial charge is 0.261 e. The molecule has 0 aliphatic carbocycles. The Hall–Kier alpha value is -3.58. The van der Waals surface area contributed by atoms with E-state index < -0.39 is 10.0 Å². The second kappa shape index (κ2) is 8.65. The van der Waals surface area contributed by atoms with Crippen LogP contribution in [-0.4, -0.2) is 20.9 Å². The Kier molecular flexibility index (Phi) is 5.77. The summed E-state index contributed by atoms with van der Waals surface area (Å²) in [6.45, 7) is 1.97. The summed E-state index contributed by atoms with van der Waals surface area (Å²) in [4.78, 5) is 11.1. The van der Waals surface area contributed by atoms with E-state index in [2.05, 4.69) is 10.0 Å². The molecule has 2 N–H and O–H groups in total. The van der Waals surface area contributed by atoms with E-state index in [9.17, 15) is 13.2 Å². The molecule has 4 rings (SSSR count). The fourth-order valence-corrected chi connectivity index (χ4v) is 4.32. The van der Waals surface area contributed by atoms with Crippen LogP contribution in [0.5, 0.6) is 0 Å². The van der Waals surface area contributed by atoms with E-state index in [0.717, 1.165) is 27.9 Å². The Labute approximate surface area is 181 Å². The molecule has 1 heterocycles. The highest BCUT2D eigenvalue weighted by atomic mass is 32.2. The minimum atomic E-state index is -3.71. The average Bonchev–Trinajstić information content (AvgIpc) is 3.18. The van der Waals surface area contributed by atoms with Crippen LogP contribution in [0.25, 0.3) is 22.3 Å². The van der Waals surface area contributed by atoms with Crippen molar-refractivity contribution in [1.29, 1.82) is 0 Å². The molecular formula is C24H22N2O4S. The lowest BCUT2D eigenvalue weighted by Crippen LogP contribution is -2.22. The van der Waals surface area contributed by atoms with Crippen LogP contribution >= 0.6 is 0 Å². The maximum atomic E-state index is 12.7. The normalized spacial score (nSPS) is 11.4. The standard InChI is InChI=1S/C24H22N2O4S/c1-17(27)25-15-14-18-6-12-22(13-7-18)31(28,29)26-21-10-8-19(9-11-21)24-16-20-4-2-3-5-23(20)30-24/h2-13,16,26H,14-15H2,1H3,(H,25,27). The van der Waals surface area contributed by atoms with E-state index in [4.69, 9.17) is 4.42 Å². The lowest BCUT2D eigenvalue weighted by molar-refractivity contribution is -0.118. The quantitative estimate of drug-likeness (QED) is 0.446. The molecule has 0 spiro atoms. The molecule has 0 aliphatic rings. The van der Waals surface area contributed by atoms with E-state index in [-0.39, 0.29) is 10.8 Å². The second-order valence-electron chi connectivity index (χ2n) is 7.21. The first-order valence-electron chi connectivity index (χ1n) is 9.86. The SMILES string of the molecule is CC(=O)NCCc1ccc(S(=O)(=O)Nc2ccc(-c3cc4ccccc4o3)cc2)cc1. The zero-order valence-electron chi connectivity index (χ0n) is 17.0. The molecule has 158 valence electrons. The fourth-order valence-electron chi connectivity index (χ4n) is 3.26. The molecule has 6 nitrogen and oxygen atoms in total. The van der Waals surface area contributed by atoms with Gasteiger partial charge in [-0.3, -0.25) is 9.52 Å². The third-order valence-corrected chi connectivity index (χ3v) is 6.27. The molecule has 0 atom stereocenters. The Bertz CT molecular complexity index is 1270. The first-order chi connectivity index (χ1) is 14.9. The van der Waals surface area contributed by atoms with E-state index in [1.807, 2.05) is 42.5 Å². The molecule has 0 fully saturated rings. The van der Waals surface area contributed by atoms with Crippen molar-refractivity contribution in [3.8, 4) is 11.3 Å². The molecule has 1 aromatic heterocycles. The monoisotopic (exact) mass is 434 g/mol. The van der Waals surface area contributed by atoms with Crippen molar-refractivity contribution >= 4 is 32.6 Å². The van der Waals surface area contributed by atoms with Crippen molar-refractivity contribution < 1.29 is 17.6 Å². The molecule has 31 heavy (non-hydrogen) atoms. The van der Waals surface area contributed by atoms with Crippen LogP contribution in [0.4, 0.5) is 5.69 Å². The summed E-state index contributed by atoms with van der Waals surface area (Å²) in [7, 11) is -3.71. The van der Waals surface area contributed by atoms with E-state index in [0.29, 0.717) is 18.7 Å². The molecule has 7 heteroatoms. The van der Waals surface area contributed by atoms with Gasteiger partial charge in [-0.2, -0.15) is 0 Å². The minimum absolute atomic E-state index is 0.0882. The number of carbonyl (C=O) groups is 1. The zero-order valence-corrected chi connectivity index (χ0v) is 17.8. The number of sulfonamides is 1. The summed E-state index contributed by atoms with van der Waals surface area (Å²) in [6.07, 6.45) is 0.636. The lowest BCUT2D eigenvalue weighted by atomic mass is 10.1. The maximum absolute atomic E-state index is 12.7. The van der Waals surface area contributed by atoms with Gasteiger partial charge in [0.05, 0.1) is 4.90 Å². The average molecular weight is 435 g/mol. The predicted molar refractivity (Wildman–Crippen MR) is 121 cm³/mol. The summed E-state index contributed by atoms with van der Waals surface area (Å²) in [5.41, 5.74) is 3.09. The highest BCUT2D eigenvalue weighted by molar-refractivity contribution is 7.92. The van der Waals surface area contributed by atoms with Crippen LogP contribution in [0.3, 0.4) is 0 Å². The van der Waals surface area contributed by atoms with Crippen LogP contribution in [0.1, 0.15) is 12.5 Å². The largest absolute Gasteiger partial charge is 0.456 e. The molecule has 0 bridgehead atoms. The third-order valence-electron chi connectivity index (χ3n) is 4.87. The Balaban J connectivity index is 1.44. The van der Waals surface area contributed by atoms with Crippen molar-refractivity contribution in [3.05, 3.63) is 84.4 Å². The molecule has 0 unspecified atom stereocenters. The van der Waals surface area contributed by atoms with Gasteiger partial charge >= 0.3 is 0 Å². The Morgan fingerprint density at radius 3 is 2.32 bits per heavy atom. The van der Waals surface area contributed by atoms with Gasteiger partial charge in [0, 0.05) is 30.1 Å². The summed E-state index contributed by atoms with van der Waals surface area (Å²) >= 11 is 0. The van der Waals surface area contributed by atoms with Crippen molar-refractivity contribution in [2.24, 2.45) is 0 Å². The van der Waals surface area contributed by atoms with Crippen LogP contribution in [0.15, 0.2) is 88.2 Å². The lowest BCUT2D eigenvalue weighted by Gasteiger charge is -2.09. The first-order valence-corrected chi connectivity index (χ1v) is 11.3. The second-order valence-corrected chi connectivity index (χ2v) is 8.89. The minimum Gasteiger partial charge on any atom is -0.456 e. The molecule has 1 amide bonds. The number of nitrogens with one attached hydrogen (secondary N) is 2. The number of anilines is 1. The van der Waals surface area contributed by atoms with E-state index in [1.54, 1.807) is 36.4 Å². The molecule has 0 aliphatic heterocycles. The van der Waals surface area contributed by atoms with Crippen molar-refractivity contribution in [2.75, 3.05) is 11.3 Å². The fraction of sp³-hybridized carbons (Fsp3) is 0.125. The molecular weight excluding hydrogens is 412 g/mol. The molecule has 0 saturated heterocycles. The van der Waals surface area contributed by atoms with Gasteiger partial charge in [0.15, 0.2) is 0 Å². The topological polar surface area (TPSA) is 88.4 Å². The van der Waals surface area contributed by atoms with Gasteiger partial charge in [0.2, 0.25) is 5.91 Å². The summed E-state index contributed by atoms with van der Waals surface area (Å²) in [5.74, 6) is 0.639. The number of carbonyl (C=O) groups excluding carboxylic acids is 1. The highest BCUT2D eigenvalue weighted by Crippen LogP contribution is 2.29. The zero-order chi connectivity index (χ0) is 21.8. The summed E-state index contributed by atoms with van der Waals surface area (Å²) in [5, 5.41) is 3.74. The summed E-state index contributed by atoms with van der Waals surface area (Å²) in [6, 6.07) is 23.4. The number of benzene rings is 3. The number of para-hydroxylation sites is 1. The Morgan fingerprint density at radius 1 is 0.935 bits per heavy atom. The van der Waals surface area contributed by atoms with Crippen LogP contribution < -0.4 is 10.0 Å². The third kappa shape index (κ3) is 4.95. The van der Waals surface area contributed by atoms with Crippen LogP contribution in [0, 0.1) is 0 Å².